The summed E-state index contributed by atoms with van der Waals surface area (Å²) in [6.45, 7) is 9.23. The fourth-order valence-corrected chi connectivity index (χ4v) is 4.06. The van der Waals surface area contributed by atoms with Gasteiger partial charge in [-0.15, -0.1) is 0 Å². The molecular formula is C26H34N2O2. The summed E-state index contributed by atoms with van der Waals surface area (Å²) in [4.78, 5) is 15.5. The van der Waals surface area contributed by atoms with E-state index in [9.17, 15) is 4.79 Å². The van der Waals surface area contributed by atoms with E-state index in [-0.39, 0.29) is 5.91 Å². The molecule has 0 spiro atoms. The van der Waals surface area contributed by atoms with Crippen molar-refractivity contribution in [3.8, 4) is 5.75 Å². The van der Waals surface area contributed by atoms with Crippen LogP contribution in [0.2, 0.25) is 0 Å². The van der Waals surface area contributed by atoms with Crippen molar-refractivity contribution in [2.75, 3.05) is 19.7 Å². The Kier molecular flexibility index (Phi) is 7.95. The smallest absolute Gasteiger partial charge is 0.270 e. The highest BCUT2D eigenvalue weighted by atomic mass is 16.5. The molecule has 0 N–H and O–H groups in total. The number of fused-ring (bicyclic) bond motifs is 1. The highest BCUT2D eigenvalue weighted by Crippen LogP contribution is 2.30. The molecule has 0 fully saturated rings. The zero-order chi connectivity index (χ0) is 21.3. The topological polar surface area (TPSA) is 34.5 Å². The number of nitrogens with zero attached hydrogens (tertiary/aromatic N) is 2. The van der Waals surface area contributed by atoms with E-state index >= 15 is 0 Å². The largest absolute Gasteiger partial charge is 0.493 e. The lowest BCUT2D eigenvalue weighted by atomic mass is 10.1. The van der Waals surface area contributed by atoms with E-state index in [1.165, 1.54) is 5.56 Å². The Balaban J connectivity index is 1.95. The van der Waals surface area contributed by atoms with Crippen LogP contribution in [0.4, 0.5) is 0 Å². The van der Waals surface area contributed by atoms with Crippen LogP contribution in [0.5, 0.6) is 5.75 Å². The van der Waals surface area contributed by atoms with E-state index in [1.54, 1.807) is 0 Å². The molecule has 0 atom stereocenters. The van der Waals surface area contributed by atoms with Crippen molar-refractivity contribution in [1.29, 1.82) is 0 Å². The van der Waals surface area contributed by atoms with Crippen molar-refractivity contribution in [3.63, 3.8) is 0 Å². The van der Waals surface area contributed by atoms with E-state index in [2.05, 4.69) is 48.7 Å². The maximum Gasteiger partial charge on any atom is 0.270 e. The number of aryl methyl sites for hydroxylation is 2. The summed E-state index contributed by atoms with van der Waals surface area (Å²) >= 11 is 0. The lowest BCUT2D eigenvalue weighted by molar-refractivity contribution is 0.0745. The first kappa shape index (κ1) is 21.9. The van der Waals surface area contributed by atoms with E-state index in [4.69, 9.17) is 4.74 Å². The van der Waals surface area contributed by atoms with Crippen LogP contribution >= 0.6 is 0 Å². The SMILES string of the molecule is CCCN(CCC)C(=O)c1cc2c(OCC)cccc2n1CCCc1ccccc1. The maximum atomic E-state index is 13.5. The Morgan fingerprint density at radius 1 is 0.967 bits per heavy atom. The third-order valence-electron chi connectivity index (χ3n) is 5.39. The summed E-state index contributed by atoms with van der Waals surface area (Å²) in [5.41, 5.74) is 3.17. The third-order valence-corrected chi connectivity index (χ3v) is 5.39. The second-order valence-electron chi connectivity index (χ2n) is 7.68. The molecule has 0 aliphatic rings. The summed E-state index contributed by atoms with van der Waals surface area (Å²) in [7, 11) is 0. The molecule has 0 aliphatic heterocycles. The average molecular weight is 407 g/mol. The van der Waals surface area contributed by atoms with Crippen LogP contribution in [-0.2, 0) is 13.0 Å². The first-order chi connectivity index (χ1) is 14.7. The van der Waals surface area contributed by atoms with Crippen molar-refractivity contribution in [3.05, 3.63) is 65.9 Å². The van der Waals surface area contributed by atoms with Gasteiger partial charge in [-0.05, 0) is 56.4 Å². The molecule has 0 saturated heterocycles. The fraction of sp³-hybridized carbons (Fsp3) is 0.423. The Bertz CT molecular complexity index is 940. The number of rotatable bonds is 11. The van der Waals surface area contributed by atoms with Crippen LogP contribution in [0, 0.1) is 0 Å². The standard InChI is InChI=1S/C26H34N2O2/c1-4-17-27(18-5-2)26(29)24-20-22-23(15-10-16-25(22)30-6-3)28(24)19-11-14-21-12-8-7-9-13-21/h7-10,12-13,15-16,20H,4-6,11,14,17-19H2,1-3H3. The van der Waals surface area contributed by atoms with E-state index < -0.39 is 0 Å². The lowest BCUT2D eigenvalue weighted by Crippen LogP contribution is -2.34. The molecule has 30 heavy (non-hydrogen) atoms. The molecule has 0 saturated carbocycles. The summed E-state index contributed by atoms with van der Waals surface area (Å²) in [5.74, 6) is 0.973. The van der Waals surface area contributed by atoms with E-state index in [1.807, 2.05) is 36.1 Å². The molecule has 3 rings (SSSR count). The summed E-state index contributed by atoms with van der Waals surface area (Å²) in [6.07, 6.45) is 3.90. The van der Waals surface area contributed by atoms with Gasteiger partial charge in [0, 0.05) is 25.0 Å². The van der Waals surface area contributed by atoms with Crippen molar-refractivity contribution in [2.24, 2.45) is 0 Å². The molecule has 3 aromatic rings. The normalized spacial score (nSPS) is 11.0. The van der Waals surface area contributed by atoms with E-state index in [0.29, 0.717) is 6.61 Å². The van der Waals surface area contributed by atoms with Crippen LogP contribution in [0.3, 0.4) is 0 Å². The van der Waals surface area contributed by atoms with Gasteiger partial charge in [0.25, 0.3) is 5.91 Å². The first-order valence-corrected chi connectivity index (χ1v) is 11.3. The Morgan fingerprint density at radius 3 is 2.37 bits per heavy atom. The van der Waals surface area contributed by atoms with Gasteiger partial charge in [-0.2, -0.15) is 0 Å². The second-order valence-corrected chi connectivity index (χ2v) is 7.68. The molecule has 1 amide bonds. The predicted octanol–water partition coefficient (Wildman–Crippen LogP) is 5.94. The van der Waals surface area contributed by atoms with Crippen LogP contribution in [0.1, 0.15) is 56.1 Å². The van der Waals surface area contributed by atoms with Crippen LogP contribution in [0.15, 0.2) is 54.6 Å². The molecule has 0 radical (unpaired) electrons. The second kappa shape index (κ2) is 10.9. The van der Waals surface area contributed by atoms with Crippen molar-refractivity contribution in [1.82, 2.24) is 9.47 Å². The third kappa shape index (κ3) is 5.05. The molecule has 4 nitrogen and oxygen atoms in total. The number of carbonyl (C=O) groups excluding carboxylic acids is 1. The van der Waals surface area contributed by atoms with Crippen molar-refractivity contribution >= 4 is 16.8 Å². The van der Waals surface area contributed by atoms with Crippen molar-refractivity contribution < 1.29 is 9.53 Å². The number of amides is 1. The highest BCUT2D eigenvalue weighted by Gasteiger charge is 2.22. The molecule has 0 bridgehead atoms. The van der Waals surface area contributed by atoms with Gasteiger partial charge in [0.1, 0.15) is 11.4 Å². The lowest BCUT2D eigenvalue weighted by Gasteiger charge is -2.22. The van der Waals surface area contributed by atoms with E-state index in [0.717, 1.165) is 67.7 Å². The quantitative estimate of drug-likeness (QED) is 0.395. The zero-order valence-electron chi connectivity index (χ0n) is 18.6. The van der Waals surface area contributed by atoms with Crippen LogP contribution in [-0.4, -0.2) is 35.1 Å². The highest BCUT2D eigenvalue weighted by molar-refractivity contribution is 6.00. The van der Waals surface area contributed by atoms with Crippen molar-refractivity contribution in [2.45, 2.75) is 53.0 Å². The van der Waals surface area contributed by atoms with Gasteiger partial charge in [-0.25, -0.2) is 0 Å². The zero-order valence-corrected chi connectivity index (χ0v) is 18.6. The molecule has 1 aromatic heterocycles. The summed E-state index contributed by atoms with van der Waals surface area (Å²) in [5, 5.41) is 1.02. The maximum absolute atomic E-state index is 13.5. The van der Waals surface area contributed by atoms with Gasteiger partial charge in [0.2, 0.25) is 0 Å². The number of hydrogen-bond acceptors (Lipinski definition) is 2. The number of ether oxygens (including phenoxy) is 1. The minimum atomic E-state index is 0.122. The molecule has 4 heteroatoms. The van der Waals surface area contributed by atoms with Gasteiger partial charge in [-0.1, -0.05) is 50.2 Å². The number of aromatic nitrogens is 1. The summed E-state index contributed by atoms with van der Waals surface area (Å²) < 4.78 is 8.05. The monoisotopic (exact) mass is 406 g/mol. The van der Waals surface area contributed by atoms with Crippen LogP contribution < -0.4 is 4.74 Å². The number of hydrogen-bond donors (Lipinski definition) is 0. The molecule has 0 aliphatic carbocycles. The van der Waals surface area contributed by atoms with Crippen LogP contribution in [0.25, 0.3) is 10.9 Å². The Hall–Kier alpha value is -2.75. The van der Waals surface area contributed by atoms with Gasteiger partial charge >= 0.3 is 0 Å². The Morgan fingerprint density at radius 2 is 1.70 bits per heavy atom. The van der Waals surface area contributed by atoms with Gasteiger partial charge < -0.3 is 14.2 Å². The Labute approximate surface area is 180 Å². The number of benzene rings is 2. The van der Waals surface area contributed by atoms with Gasteiger partial charge in [-0.3, -0.25) is 4.79 Å². The minimum absolute atomic E-state index is 0.122. The molecular weight excluding hydrogens is 372 g/mol. The van der Waals surface area contributed by atoms with Gasteiger partial charge in [0.15, 0.2) is 0 Å². The average Bonchev–Trinajstić information content (AvgIpc) is 3.14. The predicted molar refractivity (Wildman–Crippen MR) is 124 cm³/mol. The summed E-state index contributed by atoms with van der Waals surface area (Å²) in [6, 6.07) is 18.7. The molecule has 1 heterocycles. The first-order valence-electron chi connectivity index (χ1n) is 11.3. The fourth-order valence-electron chi connectivity index (χ4n) is 4.06. The molecule has 0 unspecified atom stereocenters. The number of carbonyl (C=O) groups is 1. The molecule has 160 valence electrons. The minimum Gasteiger partial charge on any atom is -0.493 e. The van der Waals surface area contributed by atoms with Gasteiger partial charge in [0.05, 0.1) is 12.1 Å². The molecule has 2 aromatic carbocycles.